The van der Waals surface area contributed by atoms with Crippen LogP contribution in [0.1, 0.15) is 30.9 Å². The van der Waals surface area contributed by atoms with Gasteiger partial charge in [-0.1, -0.05) is 31.2 Å². The van der Waals surface area contributed by atoms with E-state index < -0.39 is 19.1 Å². The van der Waals surface area contributed by atoms with Gasteiger partial charge in [0.15, 0.2) is 0 Å². The summed E-state index contributed by atoms with van der Waals surface area (Å²) in [6.45, 7) is 1.73. The van der Waals surface area contributed by atoms with Gasteiger partial charge < -0.3 is 20.6 Å². The van der Waals surface area contributed by atoms with Gasteiger partial charge >= 0.3 is 13.6 Å². The van der Waals surface area contributed by atoms with Gasteiger partial charge in [-0.05, 0) is 30.4 Å². The lowest BCUT2D eigenvalue weighted by molar-refractivity contribution is -0.143. The summed E-state index contributed by atoms with van der Waals surface area (Å²) in [5.74, 6) is -1.05. The molecule has 0 aliphatic carbocycles. The van der Waals surface area contributed by atoms with Gasteiger partial charge in [0.25, 0.3) is 0 Å². The number of nitrogens with two attached hydrogens (primary N) is 1. The molecule has 0 aromatic heterocycles. The Morgan fingerprint density at radius 1 is 1.29 bits per heavy atom. The van der Waals surface area contributed by atoms with Crippen molar-refractivity contribution in [2.24, 2.45) is 5.73 Å². The molecule has 5 N–H and O–H groups in total. The van der Waals surface area contributed by atoms with E-state index >= 15 is 0 Å². The number of hydrogen-bond acceptors (Lipinski definition) is 3. The van der Waals surface area contributed by atoms with Gasteiger partial charge in [-0.3, -0.25) is 9.36 Å². The van der Waals surface area contributed by atoms with E-state index in [2.05, 4.69) is 0 Å². The first kappa shape index (κ1) is 17.9. The molecule has 0 aliphatic rings. The molecule has 1 unspecified atom stereocenters. The van der Waals surface area contributed by atoms with E-state index in [-0.39, 0.29) is 12.6 Å². The molecule has 21 heavy (non-hydrogen) atoms. The second-order valence-electron chi connectivity index (χ2n) is 5.25. The van der Waals surface area contributed by atoms with Crippen LogP contribution in [0.25, 0.3) is 0 Å². The number of rotatable bonds is 8. The van der Waals surface area contributed by atoms with Crippen molar-refractivity contribution in [1.82, 2.24) is 0 Å². The van der Waals surface area contributed by atoms with Crippen molar-refractivity contribution in [3.8, 4) is 0 Å². The first-order chi connectivity index (χ1) is 9.68. The monoisotopic (exact) mass is 315 g/mol. The van der Waals surface area contributed by atoms with Crippen molar-refractivity contribution in [3.05, 3.63) is 35.4 Å². The Bertz CT molecular complexity index is 542. The highest BCUT2D eigenvalue weighted by Crippen LogP contribution is 2.35. The summed E-state index contributed by atoms with van der Waals surface area (Å²) < 4.78 is 10.9. The average Bonchev–Trinajstić information content (AvgIpc) is 2.39. The van der Waals surface area contributed by atoms with Gasteiger partial charge in [0.05, 0.1) is 6.16 Å². The maximum absolute atomic E-state index is 11.3. The summed E-state index contributed by atoms with van der Waals surface area (Å²) in [7, 11) is -4.00. The Balaban J connectivity index is 2.84. The lowest BCUT2D eigenvalue weighted by Crippen LogP contribution is -2.49. The quantitative estimate of drug-likeness (QED) is 0.540. The Morgan fingerprint density at radius 3 is 2.33 bits per heavy atom. The molecule has 0 heterocycles. The molecule has 118 valence electrons. The first-order valence-electron chi connectivity index (χ1n) is 6.81. The third-order valence-corrected chi connectivity index (χ3v) is 4.48. The second-order valence-corrected chi connectivity index (χ2v) is 7.03. The molecule has 0 radical (unpaired) electrons. The largest absolute Gasteiger partial charge is 0.480 e. The fraction of sp³-hybridized carbons (Fsp3) is 0.500. The van der Waals surface area contributed by atoms with Crippen molar-refractivity contribution in [2.75, 3.05) is 6.16 Å². The van der Waals surface area contributed by atoms with Crippen LogP contribution in [0, 0.1) is 0 Å². The van der Waals surface area contributed by atoms with Crippen molar-refractivity contribution >= 4 is 13.6 Å². The van der Waals surface area contributed by atoms with Crippen LogP contribution in [0.3, 0.4) is 0 Å². The molecule has 1 aromatic carbocycles. The minimum Gasteiger partial charge on any atom is -0.480 e. The van der Waals surface area contributed by atoms with E-state index in [0.29, 0.717) is 19.3 Å². The molecule has 1 rings (SSSR count). The number of carbonyl (C=O) groups is 1. The highest BCUT2D eigenvalue weighted by atomic mass is 31.2. The average molecular weight is 315 g/mol. The lowest BCUT2D eigenvalue weighted by Gasteiger charge is -2.24. The summed E-state index contributed by atoms with van der Waals surface area (Å²) in [6.07, 6.45) is 1.16. The predicted molar refractivity (Wildman–Crippen MR) is 80.2 cm³/mol. The molecule has 0 spiro atoms. The Hall–Kier alpha value is -1.20. The number of benzene rings is 1. The zero-order valence-electron chi connectivity index (χ0n) is 12.0. The van der Waals surface area contributed by atoms with Gasteiger partial charge in [-0.2, -0.15) is 0 Å². The van der Waals surface area contributed by atoms with Gasteiger partial charge in [-0.15, -0.1) is 0 Å². The zero-order valence-corrected chi connectivity index (χ0v) is 12.9. The van der Waals surface area contributed by atoms with Crippen LogP contribution < -0.4 is 5.73 Å². The van der Waals surface area contributed by atoms with Gasteiger partial charge in [-0.25, -0.2) is 0 Å². The van der Waals surface area contributed by atoms with Crippen LogP contribution in [0.4, 0.5) is 0 Å². The highest BCUT2D eigenvalue weighted by Gasteiger charge is 2.32. The van der Waals surface area contributed by atoms with E-state index in [1.165, 1.54) is 0 Å². The van der Waals surface area contributed by atoms with Crippen LogP contribution in [0.15, 0.2) is 24.3 Å². The Morgan fingerprint density at radius 2 is 1.86 bits per heavy atom. The van der Waals surface area contributed by atoms with Crippen LogP contribution in [-0.2, 0) is 22.2 Å². The third-order valence-electron chi connectivity index (χ3n) is 3.58. The summed E-state index contributed by atoms with van der Waals surface area (Å²) in [4.78, 5) is 29.0. The van der Waals surface area contributed by atoms with Crippen molar-refractivity contribution in [2.45, 2.75) is 38.1 Å². The zero-order chi connectivity index (χ0) is 16.1. The Labute approximate surface area is 124 Å². The highest BCUT2D eigenvalue weighted by molar-refractivity contribution is 7.51. The number of hydrogen-bond donors (Lipinski definition) is 4. The lowest BCUT2D eigenvalue weighted by atomic mass is 9.86. The molecular formula is C14H22NO5P. The molecule has 6 nitrogen and oxygen atoms in total. The molecule has 0 amide bonds. The number of carboxylic acids is 1. The van der Waals surface area contributed by atoms with Crippen LogP contribution in [0.2, 0.25) is 0 Å². The topological polar surface area (TPSA) is 121 Å². The van der Waals surface area contributed by atoms with Crippen molar-refractivity contribution < 1.29 is 24.3 Å². The van der Waals surface area contributed by atoms with E-state index in [0.717, 1.165) is 11.1 Å². The minimum atomic E-state index is -4.00. The van der Waals surface area contributed by atoms with E-state index in [4.69, 9.17) is 15.5 Å². The summed E-state index contributed by atoms with van der Waals surface area (Å²) in [5, 5.41) is 9.24. The third kappa shape index (κ3) is 5.59. The second kappa shape index (κ2) is 7.18. The summed E-state index contributed by atoms with van der Waals surface area (Å²) >= 11 is 0. The van der Waals surface area contributed by atoms with Gasteiger partial charge in [0, 0.05) is 6.42 Å². The smallest absolute Gasteiger partial charge is 0.325 e. The molecule has 1 aromatic rings. The van der Waals surface area contributed by atoms with Crippen LogP contribution in [-0.4, -0.2) is 32.6 Å². The SMILES string of the molecule is CCC(N)(Cc1ccccc1CCCP(=O)(O)O)C(=O)O. The first-order valence-corrected chi connectivity index (χ1v) is 8.61. The summed E-state index contributed by atoms with van der Waals surface area (Å²) in [5.41, 5.74) is 6.29. The van der Waals surface area contributed by atoms with E-state index in [1.54, 1.807) is 13.0 Å². The van der Waals surface area contributed by atoms with E-state index in [1.807, 2.05) is 18.2 Å². The Kier molecular flexibility index (Phi) is 6.10. The molecule has 0 fully saturated rings. The molecule has 0 saturated heterocycles. The molecule has 7 heteroatoms. The van der Waals surface area contributed by atoms with Crippen molar-refractivity contribution in [1.29, 1.82) is 0 Å². The van der Waals surface area contributed by atoms with Crippen LogP contribution in [0.5, 0.6) is 0 Å². The molecule has 0 aliphatic heterocycles. The summed E-state index contributed by atoms with van der Waals surface area (Å²) in [6, 6.07) is 7.28. The normalized spacial score (nSPS) is 14.7. The van der Waals surface area contributed by atoms with Crippen LogP contribution >= 0.6 is 7.60 Å². The number of aryl methyl sites for hydroxylation is 1. The molecule has 0 bridgehead atoms. The molecular weight excluding hydrogens is 293 g/mol. The van der Waals surface area contributed by atoms with Gasteiger partial charge in [0.2, 0.25) is 0 Å². The fourth-order valence-electron chi connectivity index (χ4n) is 2.14. The van der Waals surface area contributed by atoms with Gasteiger partial charge in [0.1, 0.15) is 5.54 Å². The maximum atomic E-state index is 11.3. The number of carboxylic acid groups (broad SMARTS) is 1. The predicted octanol–water partition coefficient (Wildman–Crippen LogP) is 1.53. The van der Waals surface area contributed by atoms with E-state index in [9.17, 15) is 14.5 Å². The number of aliphatic carboxylic acids is 1. The van der Waals surface area contributed by atoms with Crippen molar-refractivity contribution in [3.63, 3.8) is 0 Å². The minimum absolute atomic E-state index is 0.179. The maximum Gasteiger partial charge on any atom is 0.325 e. The molecule has 1 atom stereocenters. The fourth-order valence-corrected chi connectivity index (χ4v) is 2.71. The molecule has 0 saturated carbocycles. The standard InChI is InChI=1S/C14H22NO5P/c1-2-14(15,13(16)17)10-12-7-4-3-6-11(12)8-5-9-21(18,19)20/h3-4,6-7H,2,5,8-10,15H2,1H3,(H,16,17)(H2,18,19,20).